The summed E-state index contributed by atoms with van der Waals surface area (Å²) in [7, 11) is 0. The predicted molar refractivity (Wildman–Crippen MR) is 477 cm³/mol. The van der Waals surface area contributed by atoms with E-state index in [1.54, 1.807) is 0 Å². The number of anilines is 6. The highest BCUT2D eigenvalue weighted by Crippen LogP contribution is 2.52. The van der Waals surface area contributed by atoms with Crippen molar-refractivity contribution < 1.29 is 0 Å². The molecule has 2 aliphatic heterocycles. The summed E-state index contributed by atoms with van der Waals surface area (Å²) in [6, 6.07) is 127. The van der Waals surface area contributed by atoms with Gasteiger partial charge in [-0.2, -0.15) is 0 Å². The summed E-state index contributed by atoms with van der Waals surface area (Å²) in [4.78, 5) is 5.34. The van der Waals surface area contributed by atoms with Crippen LogP contribution < -0.4 is 26.2 Å². The Morgan fingerprint density at radius 1 is 0.198 bits per heavy atom. The molecule has 111 heavy (non-hydrogen) atoms. The number of rotatable bonds is 10. The third-order valence-electron chi connectivity index (χ3n) is 23.6. The number of hydrogen-bond donors (Lipinski definition) is 0. The van der Waals surface area contributed by atoms with Crippen molar-refractivity contribution >= 4 is 101 Å². The molecule has 538 valence electrons. The van der Waals surface area contributed by atoms with Gasteiger partial charge in [-0.3, -0.25) is 0 Å². The first-order valence-corrected chi connectivity index (χ1v) is 39.5. The number of benzene rings is 15. The molecule has 5 heteroatoms. The molecule has 0 spiro atoms. The number of fused-ring (bicyclic) bond motifs is 10. The Balaban J connectivity index is 0.949. The molecular formula is C106H91BN4. The minimum absolute atomic E-state index is 0.0977. The van der Waals surface area contributed by atoms with Crippen LogP contribution in [0.2, 0.25) is 0 Å². The van der Waals surface area contributed by atoms with E-state index in [1.165, 1.54) is 87.9 Å². The van der Waals surface area contributed by atoms with Gasteiger partial charge in [0.05, 0.1) is 22.1 Å². The Hall–Kier alpha value is -12.4. The quantitative estimate of drug-likeness (QED) is 0.127. The monoisotopic (exact) mass is 1430 g/mol. The average molecular weight is 1430 g/mol. The largest absolute Gasteiger partial charge is 0.311 e. The van der Waals surface area contributed by atoms with Crippen molar-refractivity contribution in [2.45, 2.75) is 105 Å². The third kappa shape index (κ3) is 12.1. The normalized spacial score (nSPS) is 13.0. The van der Waals surface area contributed by atoms with Crippen molar-refractivity contribution in [1.29, 1.82) is 0 Å². The van der Waals surface area contributed by atoms with E-state index in [4.69, 9.17) is 0 Å². The van der Waals surface area contributed by atoms with Crippen LogP contribution in [-0.2, 0) is 21.7 Å². The molecule has 19 rings (SSSR count). The minimum Gasteiger partial charge on any atom is -0.311 e. The lowest BCUT2D eigenvalue weighted by atomic mass is 9.33. The minimum atomic E-state index is -0.231. The van der Waals surface area contributed by atoms with E-state index >= 15 is 0 Å². The van der Waals surface area contributed by atoms with E-state index in [9.17, 15) is 0 Å². The number of aromatic nitrogens is 2. The smallest absolute Gasteiger partial charge is 0.252 e. The maximum absolute atomic E-state index is 2.67. The van der Waals surface area contributed by atoms with E-state index in [0.717, 1.165) is 107 Å². The summed E-state index contributed by atoms with van der Waals surface area (Å²) in [5.41, 5.74) is 36.0. The third-order valence-corrected chi connectivity index (χ3v) is 23.6. The van der Waals surface area contributed by atoms with Gasteiger partial charge in [0.1, 0.15) is 0 Å². The molecule has 15 aromatic carbocycles. The summed E-state index contributed by atoms with van der Waals surface area (Å²) < 4.78 is 4.98. The number of nitrogens with zero attached hydrogens (tertiary/aromatic N) is 4. The van der Waals surface area contributed by atoms with Crippen LogP contribution in [0.15, 0.2) is 334 Å². The summed E-state index contributed by atoms with van der Waals surface area (Å²) in [5.74, 6) is 0. The van der Waals surface area contributed by atoms with Crippen LogP contribution in [0.4, 0.5) is 34.1 Å². The van der Waals surface area contributed by atoms with E-state index in [0.29, 0.717) is 0 Å². The molecule has 0 bridgehead atoms. The zero-order valence-corrected chi connectivity index (χ0v) is 65.6. The van der Waals surface area contributed by atoms with Crippen LogP contribution in [0.25, 0.3) is 122 Å². The molecule has 0 saturated carbocycles. The van der Waals surface area contributed by atoms with Gasteiger partial charge in [0.25, 0.3) is 6.71 Å². The molecule has 0 saturated heterocycles. The molecule has 17 aromatic rings. The summed E-state index contributed by atoms with van der Waals surface area (Å²) in [6.07, 6.45) is 0. The second kappa shape index (κ2) is 26.1. The van der Waals surface area contributed by atoms with Crippen molar-refractivity contribution in [3.63, 3.8) is 0 Å². The fourth-order valence-corrected chi connectivity index (χ4v) is 17.6. The standard InChI is InChI=1S/C106H91BN4/c1-103(2,3)80-53-77(54-81(64-80)104(4,5)6)72-45-48-92-98(61-72)110(86-57-73(68-31-17-13-18-32-68)51-74(58-86)69-33-19-14-20-34-69)100-62-79(78-55-82(105(7,8)9)65-83(56-78)106(10,11)12)63-101-102(100)107(92)93-49-46-85(67-99(93)111(101)87-59-75(70-35-21-15-22-36-70)52-76(60-87)71-37-23-16-24-38-71)109-96-44-30-27-41-90(96)91-66-84(47-50-97(91)109)108-94-42-28-25-39-88(94)89-40-26-29-43-95(89)108/h13-67H,1-12H3. The lowest BCUT2D eigenvalue weighted by molar-refractivity contribution is 0.568. The maximum atomic E-state index is 2.67. The topological polar surface area (TPSA) is 16.3 Å². The summed E-state index contributed by atoms with van der Waals surface area (Å²) in [5, 5.41) is 4.89. The van der Waals surface area contributed by atoms with Gasteiger partial charge in [0.15, 0.2) is 0 Å². The van der Waals surface area contributed by atoms with E-state index in [-0.39, 0.29) is 28.4 Å². The molecule has 2 aliphatic rings. The molecule has 0 radical (unpaired) electrons. The van der Waals surface area contributed by atoms with Crippen LogP contribution in [0.5, 0.6) is 0 Å². The molecule has 4 heterocycles. The Bertz CT molecular complexity index is 6320. The van der Waals surface area contributed by atoms with Gasteiger partial charge >= 0.3 is 0 Å². The second-order valence-corrected chi connectivity index (χ2v) is 35.1. The molecule has 0 unspecified atom stereocenters. The Morgan fingerprint density at radius 3 is 0.892 bits per heavy atom. The highest BCUT2D eigenvalue weighted by atomic mass is 15.2. The van der Waals surface area contributed by atoms with E-state index < -0.39 is 0 Å². The van der Waals surface area contributed by atoms with Gasteiger partial charge in [0, 0.05) is 67.0 Å². The highest BCUT2D eigenvalue weighted by Gasteiger charge is 2.45. The van der Waals surface area contributed by atoms with Gasteiger partial charge in [-0.05, 0) is 230 Å². The van der Waals surface area contributed by atoms with Gasteiger partial charge in [0.2, 0.25) is 0 Å². The molecule has 4 nitrogen and oxygen atoms in total. The molecule has 0 aliphatic carbocycles. The fraction of sp³-hybridized carbons (Fsp3) is 0.151. The van der Waals surface area contributed by atoms with Crippen LogP contribution in [-0.4, -0.2) is 15.8 Å². The van der Waals surface area contributed by atoms with Gasteiger partial charge < -0.3 is 18.9 Å². The SMILES string of the molecule is CC(C)(C)c1cc(-c2ccc3c(c2)N(c2cc(-c4ccccc4)cc(-c4ccccc4)c2)c2cc(-c4cc(C(C)(C)C)cc(C(C)(C)C)c4)cc4c2B3c2ccc(-n3c5ccccc5c5cc(-n6c7ccccc7c7ccccc76)ccc53)cc2N4c2cc(-c3ccccc3)cc(-c3ccccc3)c2)cc(C(C)(C)C)c1. The Labute approximate surface area is 654 Å². The second-order valence-electron chi connectivity index (χ2n) is 35.1. The van der Waals surface area contributed by atoms with Gasteiger partial charge in [-0.15, -0.1) is 0 Å². The molecule has 2 aromatic heterocycles. The Kier molecular flexibility index (Phi) is 16.3. The van der Waals surface area contributed by atoms with Crippen LogP contribution in [0.3, 0.4) is 0 Å². The van der Waals surface area contributed by atoms with E-state index in [1.807, 2.05) is 0 Å². The fourth-order valence-electron chi connectivity index (χ4n) is 17.6. The zero-order chi connectivity index (χ0) is 76.0. The maximum Gasteiger partial charge on any atom is 0.252 e. The van der Waals surface area contributed by atoms with Crippen LogP contribution >= 0.6 is 0 Å². The van der Waals surface area contributed by atoms with Crippen LogP contribution in [0, 0.1) is 0 Å². The molecule has 0 fully saturated rings. The molecule has 0 amide bonds. The van der Waals surface area contributed by atoms with Gasteiger partial charge in [-0.1, -0.05) is 314 Å². The van der Waals surface area contributed by atoms with Crippen molar-refractivity contribution in [1.82, 2.24) is 9.13 Å². The van der Waals surface area contributed by atoms with Crippen LogP contribution in [0.1, 0.15) is 105 Å². The Morgan fingerprint density at radius 2 is 0.495 bits per heavy atom. The first-order chi connectivity index (χ1) is 53.5. The van der Waals surface area contributed by atoms with Crippen molar-refractivity contribution in [2.24, 2.45) is 0 Å². The lowest BCUT2D eigenvalue weighted by Gasteiger charge is -2.45. The summed E-state index contributed by atoms with van der Waals surface area (Å²) in [6.45, 7) is 28.1. The first kappa shape index (κ1) is 69.1. The first-order valence-electron chi connectivity index (χ1n) is 39.5. The lowest BCUT2D eigenvalue weighted by Crippen LogP contribution is -2.61. The zero-order valence-electron chi connectivity index (χ0n) is 65.6. The number of hydrogen-bond acceptors (Lipinski definition) is 2. The summed E-state index contributed by atoms with van der Waals surface area (Å²) >= 11 is 0. The number of para-hydroxylation sites is 3. The average Bonchev–Trinajstić information content (AvgIpc) is 1.62. The van der Waals surface area contributed by atoms with Crippen molar-refractivity contribution in [3.05, 3.63) is 356 Å². The predicted octanol–water partition coefficient (Wildman–Crippen LogP) is 27.2. The molecule has 0 N–H and O–H groups in total. The van der Waals surface area contributed by atoms with Crippen molar-refractivity contribution in [2.75, 3.05) is 9.80 Å². The van der Waals surface area contributed by atoms with E-state index in [2.05, 4.69) is 436 Å². The molecular weight excluding hydrogens is 1340 g/mol. The molecule has 0 atom stereocenters. The van der Waals surface area contributed by atoms with Crippen molar-refractivity contribution in [3.8, 4) is 78.1 Å². The van der Waals surface area contributed by atoms with Gasteiger partial charge in [-0.25, -0.2) is 0 Å². The highest BCUT2D eigenvalue weighted by molar-refractivity contribution is 7.00.